The van der Waals surface area contributed by atoms with Crippen molar-refractivity contribution in [3.05, 3.63) is 36.0 Å². The van der Waals surface area contributed by atoms with Gasteiger partial charge in [-0.15, -0.1) is 0 Å². The molecule has 1 N–H and O–H groups in total. The van der Waals surface area contributed by atoms with Gasteiger partial charge in [-0.1, -0.05) is 32.0 Å². The molecule has 0 saturated carbocycles. The minimum absolute atomic E-state index is 0.414. The maximum Gasteiger partial charge on any atom is 0.0929 e. The molecule has 0 bridgehead atoms. The van der Waals surface area contributed by atoms with Crippen molar-refractivity contribution in [2.45, 2.75) is 19.8 Å². The molecule has 0 spiro atoms. The summed E-state index contributed by atoms with van der Waals surface area (Å²) in [5.41, 5.74) is 2.04. The van der Waals surface area contributed by atoms with Gasteiger partial charge in [-0.05, 0) is 25.1 Å². The Hall–Kier alpha value is -1.48. The molecule has 17 heavy (non-hydrogen) atoms. The zero-order valence-electron chi connectivity index (χ0n) is 10.6. The summed E-state index contributed by atoms with van der Waals surface area (Å²) in [6, 6.07) is 10.3. The van der Waals surface area contributed by atoms with Crippen LogP contribution in [0, 0.1) is 5.92 Å². The lowest BCUT2D eigenvalue weighted by Crippen LogP contribution is -2.22. The van der Waals surface area contributed by atoms with E-state index in [1.165, 1.54) is 5.39 Å². The normalized spacial score (nSPS) is 13.2. The summed E-state index contributed by atoms with van der Waals surface area (Å²) >= 11 is 0. The second kappa shape index (κ2) is 5.23. The molecule has 90 valence electrons. The average Bonchev–Trinajstić information content (AvgIpc) is 2.35. The molecule has 2 aromatic rings. The molecule has 1 atom stereocenters. The van der Waals surface area contributed by atoms with Crippen LogP contribution in [0.1, 0.15) is 25.5 Å². The summed E-state index contributed by atoms with van der Waals surface area (Å²) < 4.78 is 0. The minimum atomic E-state index is 0.414. The Morgan fingerprint density at radius 2 is 1.94 bits per heavy atom. The fraction of sp³-hybridized carbons (Fsp3) is 0.429. The summed E-state index contributed by atoms with van der Waals surface area (Å²) in [6.07, 6.45) is 0. The van der Waals surface area contributed by atoms with Gasteiger partial charge in [-0.25, -0.2) is 0 Å². The smallest absolute Gasteiger partial charge is 0.0929 e. The third-order valence-corrected chi connectivity index (χ3v) is 3.12. The van der Waals surface area contributed by atoms with E-state index in [1.54, 1.807) is 0 Å². The number of fused-ring (bicyclic) bond motifs is 1. The van der Waals surface area contributed by atoms with Crippen LogP contribution in [0.15, 0.2) is 30.3 Å². The molecule has 0 aliphatic heterocycles. The first kappa shape index (κ1) is 12.0. The molecular weight excluding hydrogens is 210 g/mol. The fourth-order valence-corrected chi connectivity index (χ4v) is 2.08. The van der Waals surface area contributed by atoms with E-state index < -0.39 is 0 Å². The van der Waals surface area contributed by atoms with Gasteiger partial charge in [0.2, 0.25) is 0 Å². The lowest BCUT2D eigenvalue weighted by atomic mass is 9.92. The quantitative estimate of drug-likeness (QED) is 0.875. The lowest BCUT2D eigenvalue weighted by molar-refractivity contribution is 0.466. The van der Waals surface area contributed by atoms with Crippen molar-refractivity contribution < 1.29 is 0 Å². The van der Waals surface area contributed by atoms with Crippen LogP contribution in [0.2, 0.25) is 0 Å². The third kappa shape index (κ3) is 2.61. The summed E-state index contributed by atoms with van der Waals surface area (Å²) in [4.78, 5) is 0. The Bertz CT molecular complexity index is 494. The Morgan fingerprint density at radius 1 is 1.18 bits per heavy atom. The van der Waals surface area contributed by atoms with E-state index in [9.17, 15) is 0 Å². The van der Waals surface area contributed by atoms with Crippen molar-refractivity contribution in [3.8, 4) is 0 Å². The van der Waals surface area contributed by atoms with E-state index in [4.69, 9.17) is 0 Å². The summed E-state index contributed by atoms with van der Waals surface area (Å²) in [5, 5.41) is 13.0. The topological polar surface area (TPSA) is 37.8 Å². The molecule has 2 rings (SSSR count). The van der Waals surface area contributed by atoms with Gasteiger partial charge in [0.15, 0.2) is 0 Å². The van der Waals surface area contributed by atoms with Gasteiger partial charge in [-0.2, -0.15) is 10.2 Å². The maximum atomic E-state index is 4.36. The van der Waals surface area contributed by atoms with E-state index in [-0.39, 0.29) is 0 Å². The van der Waals surface area contributed by atoms with Crippen LogP contribution in [0.25, 0.3) is 10.9 Å². The van der Waals surface area contributed by atoms with Crippen molar-refractivity contribution in [1.82, 2.24) is 15.5 Å². The molecule has 0 saturated heterocycles. The highest BCUT2D eigenvalue weighted by atomic mass is 15.1. The van der Waals surface area contributed by atoms with Gasteiger partial charge >= 0.3 is 0 Å². The Balaban J connectivity index is 2.40. The number of hydrogen-bond donors (Lipinski definition) is 1. The number of benzene rings is 1. The van der Waals surface area contributed by atoms with Crippen LogP contribution >= 0.6 is 0 Å². The average molecular weight is 229 g/mol. The second-order valence-corrected chi connectivity index (χ2v) is 4.74. The largest absolute Gasteiger partial charge is 0.319 e. The van der Waals surface area contributed by atoms with E-state index in [1.807, 2.05) is 25.2 Å². The van der Waals surface area contributed by atoms with Gasteiger partial charge in [0.05, 0.1) is 11.2 Å². The Morgan fingerprint density at radius 3 is 2.65 bits per heavy atom. The van der Waals surface area contributed by atoms with Crippen LogP contribution in [0.3, 0.4) is 0 Å². The number of likely N-dealkylation sites (N-methyl/N-ethyl adjacent to an activating group) is 1. The van der Waals surface area contributed by atoms with Crippen molar-refractivity contribution in [1.29, 1.82) is 0 Å². The fourth-order valence-electron chi connectivity index (χ4n) is 2.08. The molecule has 0 aliphatic rings. The van der Waals surface area contributed by atoms with Gasteiger partial charge in [0.1, 0.15) is 0 Å². The van der Waals surface area contributed by atoms with Gasteiger partial charge in [0, 0.05) is 17.8 Å². The molecule has 1 aromatic heterocycles. The molecule has 1 unspecified atom stereocenters. The number of aromatic nitrogens is 2. The zero-order valence-corrected chi connectivity index (χ0v) is 10.6. The lowest BCUT2D eigenvalue weighted by Gasteiger charge is -2.19. The van der Waals surface area contributed by atoms with Gasteiger partial charge in [0.25, 0.3) is 0 Å². The number of nitrogens with one attached hydrogen (secondary N) is 1. The standard InChI is InChI=1S/C14H19N3/c1-10(2)12(9-15-3)14-8-11-6-4-5-7-13(11)16-17-14/h4-8,10,12,15H,9H2,1-3H3. The van der Waals surface area contributed by atoms with Crippen molar-refractivity contribution in [2.24, 2.45) is 5.92 Å². The van der Waals surface area contributed by atoms with Crippen LogP contribution in [0.4, 0.5) is 0 Å². The highest BCUT2D eigenvalue weighted by Gasteiger charge is 2.17. The highest BCUT2D eigenvalue weighted by Crippen LogP contribution is 2.23. The van der Waals surface area contributed by atoms with Crippen LogP contribution in [-0.2, 0) is 0 Å². The van der Waals surface area contributed by atoms with Crippen LogP contribution < -0.4 is 5.32 Å². The number of rotatable bonds is 4. The predicted octanol–water partition coefficient (Wildman–Crippen LogP) is 2.59. The first-order valence-corrected chi connectivity index (χ1v) is 6.09. The maximum absolute atomic E-state index is 4.36. The number of nitrogens with zero attached hydrogens (tertiary/aromatic N) is 2. The van der Waals surface area contributed by atoms with Crippen LogP contribution in [-0.4, -0.2) is 23.8 Å². The van der Waals surface area contributed by atoms with Gasteiger partial charge in [-0.3, -0.25) is 0 Å². The zero-order chi connectivity index (χ0) is 12.3. The monoisotopic (exact) mass is 229 g/mol. The van der Waals surface area contributed by atoms with E-state index >= 15 is 0 Å². The molecule has 0 aliphatic carbocycles. The SMILES string of the molecule is CNCC(c1cc2ccccc2nn1)C(C)C. The third-order valence-electron chi connectivity index (χ3n) is 3.12. The molecule has 1 aromatic carbocycles. The molecule has 3 nitrogen and oxygen atoms in total. The number of hydrogen-bond acceptors (Lipinski definition) is 3. The van der Waals surface area contributed by atoms with E-state index in [0.717, 1.165) is 17.8 Å². The molecule has 1 heterocycles. The van der Waals surface area contributed by atoms with Crippen molar-refractivity contribution in [3.63, 3.8) is 0 Å². The molecule has 0 amide bonds. The molecule has 0 fully saturated rings. The summed E-state index contributed by atoms with van der Waals surface area (Å²) in [5.74, 6) is 0.968. The summed E-state index contributed by atoms with van der Waals surface area (Å²) in [6.45, 7) is 5.38. The molecule has 0 radical (unpaired) electrons. The first-order chi connectivity index (χ1) is 8.22. The second-order valence-electron chi connectivity index (χ2n) is 4.74. The highest BCUT2D eigenvalue weighted by molar-refractivity contribution is 5.78. The molecule has 3 heteroatoms. The van der Waals surface area contributed by atoms with E-state index in [2.05, 4.69) is 41.5 Å². The van der Waals surface area contributed by atoms with Crippen molar-refractivity contribution in [2.75, 3.05) is 13.6 Å². The minimum Gasteiger partial charge on any atom is -0.319 e. The van der Waals surface area contributed by atoms with E-state index in [0.29, 0.717) is 11.8 Å². The summed E-state index contributed by atoms with van der Waals surface area (Å²) in [7, 11) is 1.98. The van der Waals surface area contributed by atoms with Crippen molar-refractivity contribution >= 4 is 10.9 Å². The predicted molar refractivity (Wildman–Crippen MR) is 71.0 cm³/mol. The Kier molecular flexibility index (Phi) is 3.69. The van der Waals surface area contributed by atoms with Gasteiger partial charge < -0.3 is 5.32 Å². The first-order valence-electron chi connectivity index (χ1n) is 6.09. The molecular formula is C14H19N3. The Labute approximate surface area is 102 Å². The van der Waals surface area contributed by atoms with Crippen LogP contribution in [0.5, 0.6) is 0 Å².